The van der Waals surface area contributed by atoms with Gasteiger partial charge in [-0.1, -0.05) is 20.3 Å². The summed E-state index contributed by atoms with van der Waals surface area (Å²) < 4.78 is 0. The largest absolute Gasteiger partial charge is 0.342 e. The van der Waals surface area contributed by atoms with E-state index in [2.05, 4.69) is 6.92 Å². The zero-order valence-electron chi connectivity index (χ0n) is 14.1. The minimum atomic E-state index is -0.375. The van der Waals surface area contributed by atoms with Crippen LogP contribution in [0.3, 0.4) is 0 Å². The topological polar surface area (TPSA) is 66.6 Å². The van der Waals surface area contributed by atoms with Crippen LogP contribution in [0.25, 0.3) is 0 Å². The lowest BCUT2D eigenvalue weighted by atomic mass is 9.92. The minimum absolute atomic E-state index is 0.0549. The molecule has 2 rings (SSSR count). The number of amides is 2. The number of carbonyl (C=O) groups is 2. The molecule has 2 saturated heterocycles. The summed E-state index contributed by atoms with van der Waals surface area (Å²) in [6.45, 7) is 7.42. The maximum absolute atomic E-state index is 12.6. The first-order valence-electron chi connectivity index (χ1n) is 8.86. The predicted molar refractivity (Wildman–Crippen MR) is 87.2 cm³/mol. The van der Waals surface area contributed by atoms with Gasteiger partial charge in [0, 0.05) is 32.1 Å². The molecule has 2 unspecified atom stereocenters. The molecule has 0 radical (unpaired) electrons. The summed E-state index contributed by atoms with van der Waals surface area (Å²) in [5.41, 5.74) is 5.92. The average molecular weight is 309 g/mol. The Balaban J connectivity index is 1.81. The van der Waals surface area contributed by atoms with Crippen molar-refractivity contribution in [3.8, 4) is 0 Å². The SMILES string of the molecule is CCCC(N)C(=O)N1CCC(C(=O)N2CCCC(C)C2)CC1. The summed E-state index contributed by atoms with van der Waals surface area (Å²) in [6.07, 6.45) is 5.59. The number of hydrogen-bond acceptors (Lipinski definition) is 3. The van der Waals surface area contributed by atoms with Gasteiger partial charge in [-0.25, -0.2) is 0 Å². The Hall–Kier alpha value is -1.10. The highest BCUT2D eigenvalue weighted by Gasteiger charge is 2.32. The Labute approximate surface area is 134 Å². The molecular formula is C17H31N3O2. The molecule has 2 amide bonds. The molecule has 22 heavy (non-hydrogen) atoms. The zero-order chi connectivity index (χ0) is 16.1. The molecule has 2 fully saturated rings. The predicted octanol–water partition coefficient (Wildman–Crippen LogP) is 1.61. The van der Waals surface area contributed by atoms with Crippen LogP contribution in [0.1, 0.15) is 52.4 Å². The van der Waals surface area contributed by atoms with Crippen molar-refractivity contribution in [2.75, 3.05) is 26.2 Å². The van der Waals surface area contributed by atoms with E-state index in [1.54, 1.807) is 0 Å². The van der Waals surface area contributed by atoms with Crippen LogP contribution in [0.2, 0.25) is 0 Å². The molecule has 2 aliphatic rings. The molecule has 5 nitrogen and oxygen atoms in total. The third-order valence-corrected chi connectivity index (χ3v) is 5.04. The molecule has 0 aliphatic carbocycles. The second kappa shape index (κ2) is 7.95. The summed E-state index contributed by atoms with van der Waals surface area (Å²) in [5.74, 6) is 1.07. The highest BCUT2D eigenvalue weighted by atomic mass is 16.2. The van der Waals surface area contributed by atoms with Crippen LogP contribution in [0, 0.1) is 11.8 Å². The quantitative estimate of drug-likeness (QED) is 0.858. The van der Waals surface area contributed by atoms with Crippen molar-refractivity contribution in [1.82, 2.24) is 9.80 Å². The number of nitrogens with two attached hydrogens (primary N) is 1. The third-order valence-electron chi connectivity index (χ3n) is 5.04. The Morgan fingerprint density at radius 3 is 2.41 bits per heavy atom. The van der Waals surface area contributed by atoms with Gasteiger partial charge in [-0.2, -0.15) is 0 Å². The van der Waals surface area contributed by atoms with E-state index in [0.29, 0.717) is 24.9 Å². The van der Waals surface area contributed by atoms with E-state index in [-0.39, 0.29) is 17.9 Å². The van der Waals surface area contributed by atoms with Gasteiger partial charge in [0.25, 0.3) is 0 Å². The smallest absolute Gasteiger partial charge is 0.239 e. The molecule has 2 atom stereocenters. The molecular weight excluding hydrogens is 278 g/mol. The normalized spacial score (nSPS) is 25.1. The average Bonchev–Trinajstić information content (AvgIpc) is 2.54. The maximum atomic E-state index is 12.6. The van der Waals surface area contributed by atoms with E-state index in [0.717, 1.165) is 45.2 Å². The number of carbonyl (C=O) groups excluding carboxylic acids is 2. The summed E-state index contributed by atoms with van der Waals surface area (Å²) in [4.78, 5) is 28.7. The molecule has 2 aliphatic heterocycles. The Morgan fingerprint density at radius 2 is 1.82 bits per heavy atom. The molecule has 0 spiro atoms. The van der Waals surface area contributed by atoms with Crippen molar-refractivity contribution >= 4 is 11.8 Å². The zero-order valence-corrected chi connectivity index (χ0v) is 14.1. The van der Waals surface area contributed by atoms with Crippen LogP contribution >= 0.6 is 0 Å². The van der Waals surface area contributed by atoms with Gasteiger partial charge in [-0.15, -0.1) is 0 Å². The van der Waals surface area contributed by atoms with Crippen molar-refractivity contribution in [3.63, 3.8) is 0 Å². The first kappa shape index (κ1) is 17.3. The highest BCUT2D eigenvalue weighted by molar-refractivity contribution is 5.83. The summed E-state index contributed by atoms with van der Waals surface area (Å²) in [6, 6.07) is -0.375. The minimum Gasteiger partial charge on any atom is -0.342 e. The molecule has 0 saturated carbocycles. The van der Waals surface area contributed by atoms with E-state index in [1.807, 2.05) is 16.7 Å². The summed E-state index contributed by atoms with van der Waals surface area (Å²) >= 11 is 0. The van der Waals surface area contributed by atoms with Gasteiger partial charge in [-0.05, 0) is 38.0 Å². The van der Waals surface area contributed by atoms with Crippen LogP contribution < -0.4 is 5.73 Å². The monoisotopic (exact) mass is 309 g/mol. The Kier molecular flexibility index (Phi) is 6.24. The number of rotatable bonds is 4. The fraction of sp³-hybridized carbons (Fsp3) is 0.882. The van der Waals surface area contributed by atoms with E-state index in [9.17, 15) is 9.59 Å². The molecule has 0 aromatic carbocycles. The van der Waals surface area contributed by atoms with Crippen LogP contribution in [0.4, 0.5) is 0 Å². The molecule has 2 N–H and O–H groups in total. The lowest BCUT2D eigenvalue weighted by Gasteiger charge is -2.37. The van der Waals surface area contributed by atoms with E-state index >= 15 is 0 Å². The number of nitrogens with zero attached hydrogens (tertiary/aromatic N) is 2. The molecule has 0 aromatic heterocycles. The van der Waals surface area contributed by atoms with Crippen LogP contribution in [0.15, 0.2) is 0 Å². The molecule has 126 valence electrons. The van der Waals surface area contributed by atoms with Gasteiger partial charge in [0.05, 0.1) is 6.04 Å². The summed E-state index contributed by atoms with van der Waals surface area (Å²) in [7, 11) is 0. The van der Waals surface area contributed by atoms with Gasteiger partial charge >= 0.3 is 0 Å². The number of likely N-dealkylation sites (tertiary alicyclic amines) is 2. The van der Waals surface area contributed by atoms with Crippen LogP contribution in [-0.2, 0) is 9.59 Å². The van der Waals surface area contributed by atoms with Crippen LogP contribution in [0.5, 0.6) is 0 Å². The van der Waals surface area contributed by atoms with Gasteiger partial charge < -0.3 is 15.5 Å². The fourth-order valence-corrected chi connectivity index (χ4v) is 3.66. The number of hydrogen-bond donors (Lipinski definition) is 1. The van der Waals surface area contributed by atoms with Crippen LogP contribution in [-0.4, -0.2) is 53.8 Å². The molecule has 0 bridgehead atoms. The molecule has 0 aromatic rings. The van der Waals surface area contributed by atoms with E-state index < -0.39 is 0 Å². The second-order valence-electron chi connectivity index (χ2n) is 7.03. The van der Waals surface area contributed by atoms with Gasteiger partial charge in [0.2, 0.25) is 11.8 Å². The third kappa shape index (κ3) is 4.22. The molecule has 2 heterocycles. The van der Waals surface area contributed by atoms with Crippen molar-refractivity contribution in [3.05, 3.63) is 0 Å². The van der Waals surface area contributed by atoms with Gasteiger partial charge in [-0.3, -0.25) is 9.59 Å². The Bertz CT molecular complexity index is 391. The fourth-order valence-electron chi connectivity index (χ4n) is 3.66. The first-order chi connectivity index (χ1) is 10.5. The summed E-state index contributed by atoms with van der Waals surface area (Å²) in [5, 5.41) is 0. The van der Waals surface area contributed by atoms with Crippen molar-refractivity contribution in [2.45, 2.75) is 58.4 Å². The maximum Gasteiger partial charge on any atom is 0.239 e. The lowest BCUT2D eigenvalue weighted by Crippen LogP contribution is -2.50. The first-order valence-corrected chi connectivity index (χ1v) is 8.86. The highest BCUT2D eigenvalue weighted by Crippen LogP contribution is 2.24. The number of piperidine rings is 2. The van der Waals surface area contributed by atoms with Crippen molar-refractivity contribution < 1.29 is 9.59 Å². The van der Waals surface area contributed by atoms with Gasteiger partial charge in [0.15, 0.2) is 0 Å². The second-order valence-corrected chi connectivity index (χ2v) is 7.03. The van der Waals surface area contributed by atoms with E-state index in [1.165, 1.54) is 6.42 Å². The van der Waals surface area contributed by atoms with E-state index in [4.69, 9.17) is 5.73 Å². The van der Waals surface area contributed by atoms with Gasteiger partial charge in [0.1, 0.15) is 0 Å². The van der Waals surface area contributed by atoms with Crippen molar-refractivity contribution in [1.29, 1.82) is 0 Å². The lowest BCUT2D eigenvalue weighted by molar-refractivity contribution is -0.142. The molecule has 5 heteroatoms. The Morgan fingerprint density at radius 1 is 1.14 bits per heavy atom. The standard InChI is InChI=1S/C17H31N3O2/c1-3-5-15(18)17(22)19-10-7-14(8-11-19)16(21)20-9-4-6-13(2)12-20/h13-15H,3-12,18H2,1-2H3. The van der Waals surface area contributed by atoms with Crippen molar-refractivity contribution in [2.24, 2.45) is 17.6 Å².